The number of benzene rings is 2. The first-order valence-corrected chi connectivity index (χ1v) is 11.2. The Morgan fingerprint density at radius 3 is 2.73 bits per heavy atom. The van der Waals surface area contributed by atoms with Gasteiger partial charge in [0, 0.05) is 26.2 Å². The van der Waals surface area contributed by atoms with Gasteiger partial charge in [0.25, 0.3) is 0 Å². The largest absolute Gasteiger partial charge is 0.493 e. The van der Waals surface area contributed by atoms with Gasteiger partial charge < -0.3 is 9.47 Å². The van der Waals surface area contributed by atoms with Crippen molar-refractivity contribution in [2.24, 2.45) is 0 Å². The van der Waals surface area contributed by atoms with Crippen molar-refractivity contribution in [3.05, 3.63) is 54.1 Å². The summed E-state index contributed by atoms with van der Waals surface area (Å²) in [6.45, 7) is 7.13. The van der Waals surface area contributed by atoms with Crippen LogP contribution < -0.4 is 9.64 Å². The van der Waals surface area contributed by atoms with Gasteiger partial charge in [-0.2, -0.15) is 0 Å². The molecule has 158 valence electrons. The smallest absolute Gasteiger partial charge is 0.232 e. The number of fused-ring (bicyclic) bond motifs is 1. The SMILES string of the molecule is Cc1cccc2sc(N(CCN3CCOCC3)C(=O)CCOc3ccccc3)nc12. The third kappa shape index (κ3) is 5.16. The predicted molar refractivity (Wildman–Crippen MR) is 121 cm³/mol. The molecule has 0 saturated carbocycles. The van der Waals surface area contributed by atoms with Gasteiger partial charge in [0.1, 0.15) is 5.75 Å². The maximum Gasteiger partial charge on any atom is 0.232 e. The van der Waals surface area contributed by atoms with Crippen molar-refractivity contribution in [2.45, 2.75) is 13.3 Å². The average Bonchev–Trinajstić information content (AvgIpc) is 3.21. The fourth-order valence-corrected chi connectivity index (χ4v) is 4.58. The highest BCUT2D eigenvalue weighted by atomic mass is 32.1. The van der Waals surface area contributed by atoms with Gasteiger partial charge >= 0.3 is 0 Å². The predicted octanol–water partition coefficient (Wildman–Crippen LogP) is 3.74. The number of carbonyl (C=O) groups excluding carboxylic acids is 1. The van der Waals surface area contributed by atoms with Gasteiger partial charge in [-0.05, 0) is 30.7 Å². The molecule has 2 aromatic carbocycles. The van der Waals surface area contributed by atoms with E-state index in [-0.39, 0.29) is 5.91 Å². The van der Waals surface area contributed by atoms with Crippen molar-refractivity contribution in [2.75, 3.05) is 50.9 Å². The Balaban J connectivity index is 1.46. The van der Waals surface area contributed by atoms with Crippen LogP contribution in [0.15, 0.2) is 48.5 Å². The molecule has 0 aliphatic carbocycles. The van der Waals surface area contributed by atoms with Gasteiger partial charge in [0.15, 0.2) is 5.13 Å². The normalized spacial score (nSPS) is 14.7. The first-order chi connectivity index (χ1) is 14.7. The molecule has 0 spiro atoms. The summed E-state index contributed by atoms with van der Waals surface area (Å²) >= 11 is 1.57. The van der Waals surface area contributed by atoms with Gasteiger partial charge in [-0.1, -0.05) is 41.7 Å². The number of para-hydroxylation sites is 2. The number of anilines is 1. The summed E-state index contributed by atoms with van der Waals surface area (Å²) in [7, 11) is 0. The summed E-state index contributed by atoms with van der Waals surface area (Å²) in [6, 6.07) is 15.7. The van der Waals surface area contributed by atoms with Gasteiger partial charge in [-0.15, -0.1) is 0 Å². The van der Waals surface area contributed by atoms with E-state index in [1.165, 1.54) is 0 Å². The minimum atomic E-state index is 0.0379. The van der Waals surface area contributed by atoms with Gasteiger partial charge in [0.2, 0.25) is 5.91 Å². The first kappa shape index (κ1) is 20.8. The van der Waals surface area contributed by atoms with E-state index >= 15 is 0 Å². The van der Waals surface area contributed by atoms with Crippen molar-refractivity contribution in [1.82, 2.24) is 9.88 Å². The van der Waals surface area contributed by atoms with E-state index < -0.39 is 0 Å². The monoisotopic (exact) mass is 425 g/mol. The Bertz CT molecular complexity index is 970. The Hall–Kier alpha value is -2.48. The Morgan fingerprint density at radius 1 is 1.17 bits per heavy atom. The zero-order valence-electron chi connectivity index (χ0n) is 17.3. The summed E-state index contributed by atoms with van der Waals surface area (Å²) in [4.78, 5) is 22.1. The number of amides is 1. The maximum atomic E-state index is 13.1. The molecule has 0 unspecified atom stereocenters. The van der Waals surface area contributed by atoms with Gasteiger partial charge in [-0.25, -0.2) is 4.98 Å². The quantitative estimate of drug-likeness (QED) is 0.550. The van der Waals surface area contributed by atoms with E-state index in [1.54, 1.807) is 11.3 Å². The number of morpholine rings is 1. The van der Waals surface area contributed by atoms with Crippen LogP contribution in [0.1, 0.15) is 12.0 Å². The molecular formula is C23H27N3O3S. The number of aryl methyl sites for hydroxylation is 1. The lowest BCUT2D eigenvalue weighted by atomic mass is 10.2. The van der Waals surface area contributed by atoms with Crippen molar-refractivity contribution in [1.29, 1.82) is 0 Å². The van der Waals surface area contributed by atoms with Crippen LogP contribution in [-0.2, 0) is 9.53 Å². The molecule has 1 fully saturated rings. The average molecular weight is 426 g/mol. The second-order valence-electron chi connectivity index (χ2n) is 7.33. The number of hydrogen-bond donors (Lipinski definition) is 0. The van der Waals surface area contributed by atoms with Crippen LogP contribution in [0, 0.1) is 6.92 Å². The molecular weight excluding hydrogens is 398 g/mol. The molecule has 1 saturated heterocycles. The van der Waals surface area contributed by atoms with Crippen LogP contribution in [0.2, 0.25) is 0 Å². The molecule has 30 heavy (non-hydrogen) atoms. The summed E-state index contributed by atoms with van der Waals surface area (Å²) in [6.07, 6.45) is 0.312. The van der Waals surface area contributed by atoms with Crippen molar-refractivity contribution in [3.8, 4) is 5.75 Å². The van der Waals surface area contributed by atoms with Crippen molar-refractivity contribution >= 4 is 32.6 Å². The Kier molecular flexibility index (Phi) is 6.94. The minimum Gasteiger partial charge on any atom is -0.493 e. The first-order valence-electron chi connectivity index (χ1n) is 10.4. The van der Waals surface area contributed by atoms with Crippen LogP contribution in [0.4, 0.5) is 5.13 Å². The fraction of sp³-hybridized carbons (Fsp3) is 0.391. The van der Waals surface area contributed by atoms with E-state index in [1.807, 2.05) is 41.3 Å². The summed E-state index contributed by atoms with van der Waals surface area (Å²) in [5.41, 5.74) is 2.10. The molecule has 1 aromatic heterocycles. The van der Waals surface area contributed by atoms with E-state index in [9.17, 15) is 4.79 Å². The van der Waals surface area contributed by atoms with Crippen LogP contribution in [-0.4, -0.2) is 61.8 Å². The molecule has 0 atom stereocenters. The van der Waals surface area contributed by atoms with Crippen LogP contribution in [0.3, 0.4) is 0 Å². The lowest BCUT2D eigenvalue weighted by Gasteiger charge is -2.29. The van der Waals surface area contributed by atoms with E-state index in [0.29, 0.717) is 19.6 Å². The summed E-state index contributed by atoms with van der Waals surface area (Å²) in [5, 5.41) is 0.761. The number of aromatic nitrogens is 1. The zero-order valence-corrected chi connectivity index (χ0v) is 18.1. The highest BCUT2D eigenvalue weighted by Crippen LogP contribution is 2.31. The molecule has 0 N–H and O–H groups in total. The zero-order chi connectivity index (χ0) is 20.8. The molecule has 3 aromatic rings. The van der Waals surface area contributed by atoms with E-state index in [0.717, 1.165) is 59.5 Å². The van der Waals surface area contributed by atoms with Crippen LogP contribution >= 0.6 is 11.3 Å². The van der Waals surface area contributed by atoms with Crippen molar-refractivity contribution < 1.29 is 14.3 Å². The highest BCUT2D eigenvalue weighted by Gasteiger charge is 2.22. The number of thiazole rings is 1. The fourth-order valence-electron chi connectivity index (χ4n) is 3.49. The Morgan fingerprint density at radius 2 is 1.97 bits per heavy atom. The molecule has 0 radical (unpaired) electrons. The molecule has 4 rings (SSSR count). The lowest BCUT2D eigenvalue weighted by Crippen LogP contribution is -2.43. The number of ether oxygens (including phenoxy) is 2. The molecule has 6 nitrogen and oxygen atoms in total. The molecule has 1 aliphatic rings. The summed E-state index contributed by atoms with van der Waals surface area (Å²) in [5.74, 6) is 0.816. The van der Waals surface area contributed by atoms with Crippen molar-refractivity contribution in [3.63, 3.8) is 0 Å². The third-order valence-corrected chi connectivity index (χ3v) is 6.26. The summed E-state index contributed by atoms with van der Waals surface area (Å²) < 4.78 is 12.3. The highest BCUT2D eigenvalue weighted by molar-refractivity contribution is 7.22. The second-order valence-corrected chi connectivity index (χ2v) is 8.34. The number of hydrogen-bond acceptors (Lipinski definition) is 6. The molecule has 0 bridgehead atoms. The van der Waals surface area contributed by atoms with Crippen LogP contribution in [0.5, 0.6) is 5.75 Å². The van der Waals surface area contributed by atoms with E-state index in [2.05, 4.69) is 24.0 Å². The minimum absolute atomic E-state index is 0.0379. The second kappa shape index (κ2) is 10.0. The number of nitrogens with zero attached hydrogens (tertiary/aromatic N) is 3. The topological polar surface area (TPSA) is 54.9 Å². The molecule has 7 heteroatoms. The standard InChI is InChI=1S/C23H27N3O3S/c1-18-6-5-9-20-22(18)24-23(30-20)26(12-11-25-13-16-28-17-14-25)21(27)10-15-29-19-7-3-2-4-8-19/h2-9H,10-17H2,1H3. The maximum absolute atomic E-state index is 13.1. The van der Waals surface area contributed by atoms with Gasteiger partial charge in [0.05, 0.1) is 36.5 Å². The molecule has 1 amide bonds. The Labute approximate surface area is 181 Å². The molecule has 1 aliphatic heterocycles. The van der Waals surface area contributed by atoms with Gasteiger partial charge in [-0.3, -0.25) is 14.6 Å². The van der Waals surface area contributed by atoms with E-state index in [4.69, 9.17) is 14.5 Å². The molecule has 2 heterocycles. The van der Waals surface area contributed by atoms with Crippen LogP contribution in [0.25, 0.3) is 10.2 Å². The third-order valence-electron chi connectivity index (χ3n) is 5.21. The lowest BCUT2D eigenvalue weighted by molar-refractivity contribution is -0.119. The number of rotatable bonds is 8. The number of carbonyl (C=O) groups is 1.